The molecule has 1 heterocycles. The van der Waals surface area contributed by atoms with E-state index in [0.29, 0.717) is 11.6 Å². The Bertz CT molecular complexity index is 752. The molecule has 124 valence electrons. The molecule has 24 heavy (non-hydrogen) atoms. The second-order valence-electron chi connectivity index (χ2n) is 6.64. The van der Waals surface area contributed by atoms with E-state index in [9.17, 15) is 4.79 Å². The minimum Gasteiger partial charge on any atom is -0.493 e. The fourth-order valence-corrected chi connectivity index (χ4v) is 3.86. The van der Waals surface area contributed by atoms with Gasteiger partial charge >= 0.3 is 0 Å². The summed E-state index contributed by atoms with van der Waals surface area (Å²) in [5, 5.41) is 3.98. The quantitative estimate of drug-likeness (QED) is 0.898. The van der Waals surface area contributed by atoms with Gasteiger partial charge in [0.05, 0.1) is 18.1 Å². The van der Waals surface area contributed by atoms with Gasteiger partial charge in [0.25, 0.3) is 0 Å². The molecule has 1 N–H and O–H groups in total. The summed E-state index contributed by atoms with van der Waals surface area (Å²) in [5.41, 5.74) is 1.73. The molecule has 0 radical (unpaired) electrons. The molecular formula is C20H20ClNO2. The molecule has 1 aliphatic carbocycles. The van der Waals surface area contributed by atoms with Gasteiger partial charge in [-0.1, -0.05) is 48.4 Å². The molecule has 0 saturated heterocycles. The number of halogens is 1. The minimum absolute atomic E-state index is 0.0206. The minimum atomic E-state index is -0.405. The largest absolute Gasteiger partial charge is 0.493 e. The summed E-state index contributed by atoms with van der Waals surface area (Å²) >= 11 is 6.00. The van der Waals surface area contributed by atoms with Crippen LogP contribution in [0, 0.1) is 0 Å². The first-order valence-corrected chi connectivity index (χ1v) is 8.86. The molecule has 1 atom stereocenters. The van der Waals surface area contributed by atoms with E-state index in [1.165, 1.54) is 0 Å². The summed E-state index contributed by atoms with van der Waals surface area (Å²) in [7, 11) is 0. The van der Waals surface area contributed by atoms with Gasteiger partial charge in [0, 0.05) is 17.0 Å². The predicted molar refractivity (Wildman–Crippen MR) is 94.4 cm³/mol. The molecule has 0 spiro atoms. The molecule has 1 unspecified atom stereocenters. The highest BCUT2D eigenvalue weighted by molar-refractivity contribution is 6.30. The third-order valence-corrected chi connectivity index (χ3v) is 5.55. The summed E-state index contributed by atoms with van der Waals surface area (Å²) in [6.07, 6.45) is 3.68. The van der Waals surface area contributed by atoms with Gasteiger partial charge in [-0.15, -0.1) is 0 Å². The van der Waals surface area contributed by atoms with Crippen LogP contribution >= 0.6 is 11.6 Å². The number of nitrogens with one attached hydrogen (secondary N) is 1. The van der Waals surface area contributed by atoms with Crippen molar-refractivity contribution in [1.82, 2.24) is 5.32 Å². The van der Waals surface area contributed by atoms with E-state index in [0.717, 1.165) is 42.6 Å². The van der Waals surface area contributed by atoms with Gasteiger partial charge in [-0.3, -0.25) is 4.79 Å². The van der Waals surface area contributed by atoms with Crippen LogP contribution in [0.1, 0.15) is 42.9 Å². The third-order valence-electron chi connectivity index (χ3n) is 5.30. The van der Waals surface area contributed by atoms with Gasteiger partial charge in [-0.2, -0.15) is 0 Å². The van der Waals surface area contributed by atoms with Gasteiger partial charge in [-0.25, -0.2) is 0 Å². The summed E-state index contributed by atoms with van der Waals surface area (Å²) in [6, 6.07) is 15.7. The van der Waals surface area contributed by atoms with Crippen molar-refractivity contribution in [3.05, 3.63) is 64.7 Å². The van der Waals surface area contributed by atoms with Crippen molar-refractivity contribution in [2.45, 2.75) is 37.1 Å². The summed E-state index contributed by atoms with van der Waals surface area (Å²) in [6.45, 7) is 0.635. The van der Waals surface area contributed by atoms with Crippen molar-refractivity contribution in [1.29, 1.82) is 0 Å². The number of benzene rings is 2. The van der Waals surface area contributed by atoms with Crippen molar-refractivity contribution in [3.8, 4) is 5.75 Å². The third kappa shape index (κ3) is 2.57. The van der Waals surface area contributed by atoms with Crippen molar-refractivity contribution in [2.75, 3.05) is 6.61 Å². The van der Waals surface area contributed by atoms with Crippen LogP contribution < -0.4 is 10.1 Å². The topological polar surface area (TPSA) is 38.3 Å². The fourth-order valence-electron chi connectivity index (χ4n) is 3.73. The molecule has 1 fully saturated rings. The Morgan fingerprint density at radius 3 is 2.58 bits per heavy atom. The van der Waals surface area contributed by atoms with Crippen molar-refractivity contribution >= 4 is 17.5 Å². The average molecular weight is 342 g/mol. The Kier molecular flexibility index (Phi) is 3.97. The smallest absolute Gasteiger partial charge is 0.231 e. The zero-order chi connectivity index (χ0) is 16.6. The van der Waals surface area contributed by atoms with Crippen LogP contribution in [-0.2, 0) is 10.2 Å². The molecule has 1 amide bonds. The highest BCUT2D eigenvalue weighted by atomic mass is 35.5. The first-order chi connectivity index (χ1) is 11.7. The Hall–Kier alpha value is -2.00. The second-order valence-corrected chi connectivity index (χ2v) is 7.08. The highest BCUT2D eigenvalue weighted by Gasteiger charge is 2.46. The Morgan fingerprint density at radius 1 is 1.12 bits per heavy atom. The van der Waals surface area contributed by atoms with E-state index in [1.807, 2.05) is 48.5 Å². The van der Waals surface area contributed by atoms with Crippen LogP contribution in [0.5, 0.6) is 5.75 Å². The van der Waals surface area contributed by atoms with Gasteiger partial charge in [0.2, 0.25) is 5.91 Å². The second kappa shape index (κ2) is 6.14. The van der Waals surface area contributed by atoms with E-state index in [2.05, 4.69) is 5.32 Å². The predicted octanol–water partition coefficient (Wildman–Crippen LogP) is 4.40. The number of fused-ring (bicyclic) bond motifs is 1. The first kappa shape index (κ1) is 15.5. The zero-order valence-electron chi connectivity index (χ0n) is 13.4. The standard InChI is InChI=1S/C20H20ClNO2/c21-15-8-6-14(7-9-15)20(11-3-12-20)19(23)22-17-10-13-24-18-5-2-1-4-16(17)18/h1-2,4-9,17H,3,10-13H2,(H,22,23). The molecule has 0 aromatic heterocycles. The Balaban J connectivity index is 1.59. The number of rotatable bonds is 3. The van der Waals surface area contributed by atoms with E-state index < -0.39 is 5.41 Å². The fraction of sp³-hybridized carbons (Fsp3) is 0.350. The molecule has 2 aliphatic rings. The average Bonchev–Trinajstić information content (AvgIpc) is 2.56. The first-order valence-electron chi connectivity index (χ1n) is 8.48. The molecule has 2 aromatic carbocycles. The van der Waals surface area contributed by atoms with Gasteiger partial charge < -0.3 is 10.1 Å². The normalized spacial score (nSPS) is 21.1. The Morgan fingerprint density at radius 2 is 1.88 bits per heavy atom. The lowest BCUT2D eigenvalue weighted by atomic mass is 9.63. The van der Waals surface area contributed by atoms with Crippen LogP contribution in [0.4, 0.5) is 0 Å². The van der Waals surface area contributed by atoms with Crippen LogP contribution in [0.2, 0.25) is 5.02 Å². The number of hydrogen-bond donors (Lipinski definition) is 1. The van der Waals surface area contributed by atoms with E-state index in [-0.39, 0.29) is 11.9 Å². The van der Waals surface area contributed by atoms with Gasteiger partial charge in [0.1, 0.15) is 5.75 Å². The van der Waals surface area contributed by atoms with Crippen LogP contribution in [0.3, 0.4) is 0 Å². The molecule has 4 heteroatoms. The highest BCUT2D eigenvalue weighted by Crippen LogP contribution is 2.45. The molecule has 0 bridgehead atoms. The lowest BCUT2D eigenvalue weighted by molar-refractivity contribution is -0.131. The lowest BCUT2D eigenvalue weighted by Crippen LogP contribution is -2.50. The Labute approximate surface area is 147 Å². The maximum Gasteiger partial charge on any atom is 0.231 e. The van der Waals surface area contributed by atoms with Crippen molar-refractivity contribution < 1.29 is 9.53 Å². The maximum absolute atomic E-state index is 13.1. The molecular weight excluding hydrogens is 322 g/mol. The van der Waals surface area contributed by atoms with E-state index in [1.54, 1.807) is 0 Å². The maximum atomic E-state index is 13.1. The number of ether oxygens (including phenoxy) is 1. The van der Waals surface area contributed by atoms with Crippen LogP contribution in [0.25, 0.3) is 0 Å². The molecule has 3 nitrogen and oxygen atoms in total. The molecule has 1 saturated carbocycles. The molecule has 1 aliphatic heterocycles. The number of amides is 1. The SMILES string of the molecule is O=C(NC1CCOc2ccccc21)C1(c2ccc(Cl)cc2)CCC1. The molecule has 2 aromatic rings. The van der Waals surface area contributed by atoms with Crippen LogP contribution in [0.15, 0.2) is 48.5 Å². The van der Waals surface area contributed by atoms with E-state index in [4.69, 9.17) is 16.3 Å². The number of carbonyl (C=O) groups is 1. The number of hydrogen-bond acceptors (Lipinski definition) is 2. The number of para-hydroxylation sites is 1. The van der Waals surface area contributed by atoms with Crippen molar-refractivity contribution in [2.24, 2.45) is 0 Å². The molecule has 4 rings (SSSR count). The van der Waals surface area contributed by atoms with E-state index >= 15 is 0 Å². The van der Waals surface area contributed by atoms with Gasteiger partial charge in [0.15, 0.2) is 0 Å². The number of carbonyl (C=O) groups excluding carboxylic acids is 1. The zero-order valence-corrected chi connectivity index (χ0v) is 14.2. The van der Waals surface area contributed by atoms with Crippen LogP contribution in [-0.4, -0.2) is 12.5 Å². The monoisotopic (exact) mass is 341 g/mol. The lowest BCUT2D eigenvalue weighted by Gasteiger charge is -2.42. The summed E-state index contributed by atoms with van der Waals surface area (Å²) in [4.78, 5) is 13.1. The summed E-state index contributed by atoms with van der Waals surface area (Å²) in [5.74, 6) is 1.00. The van der Waals surface area contributed by atoms with Gasteiger partial charge in [-0.05, 0) is 36.6 Å². The summed E-state index contributed by atoms with van der Waals surface area (Å²) < 4.78 is 5.69. The van der Waals surface area contributed by atoms with Crippen molar-refractivity contribution in [3.63, 3.8) is 0 Å².